The van der Waals surface area contributed by atoms with Gasteiger partial charge in [0.05, 0.1) is 31.3 Å². The van der Waals surface area contributed by atoms with Crippen molar-refractivity contribution in [2.24, 2.45) is 0 Å². The van der Waals surface area contributed by atoms with E-state index >= 15 is 0 Å². The van der Waals surface area contributed by atoms with Crippen LogP contribution in [0.1, 0.15) is 19.4 Å². The molecule has 0 N–H and O–H groups in total. The zero-order valence-electron chi connectivity index (χ0n) is 19.6. The molecule has 1 aromatic heterocycles. The van der Waals surface area contributed by atoms with E-state index in [2.05, 4.69) is 4.90 Å². The van der Waals surface area contributed by atoms with E-state index in [4.69, 9.17) is 22.1 Å². The molecule has 0 radical (unpaired) electrons. The zero-order chi connectivity index (χ0) is 24.1. The highest BCUT2D eigenvalue weighted by molar-refractivity contribution is 7.89. The molecule has 2 aromatic carbocycles. The normalized spacial score (nSPS) is 15.1. The third kappa shape index (κ3) is 5.31. The van der Waals surface area contributed by atoms with Gasteiger partial charge in [0.15, 0.2) is 10.6 Å². The molecule has 1 saturated heterocycles. The van der Waals surface area contributed by atoms with Gasteiger partial charge in [0.25, 0.3) is 0 Å². The fourth-order valence-electron chi connectivity index (χ4n) is 4.10. The molecule has 0 aliphatic carbocycles. The Morgan fingerprint density at radius 2 is 1.74 bits per heavy atom. The van der Waals surface area contributed by atoms with Gasteiger partial charge in [-0.1, -0.05) is 56.3 Å². The van der Waals surface area contributed by atoms with Crippen LogP contribution in [0, 0.1) is 4.77 Å². The van der Waals surface area contributed by atoms with Gasteiger partial charge in [-0.15, -0.1) is 0 Å². The molecule has 34 heavy (non-hydrogen) atoms. The standard InChI is InChI=1S/C24H31N5O3S2/c1-3-27(4-2)34(30,31)22-12-8-11-21(17-22)23-25-29(19-26-13-15-32-16-14-26)24(33)28(23)18-20-9-6-5-7-10-20/h5-12,17H,3-4,13-16,18-19H2,1-2H3. The zero-order valence-corrected chi connectivity index (χ0v) is 21.3. The minimum absolute atomic E-state index is 0.258. The van der Waals surface area contributed by atoms with Gasteiger partial charge >= 0.3 is 0 Å². The monoisotopic (exact) mass is 501 g/mol. The quantitative estimate of drug-likeness (QED) is 0.418. The van der Waals surface area contributed by atoms with Crippen molar-refractivity contribution in [1.82, 2.24) is 23.6 Å². The van der Waals surface area contributed by atoms with Gasteiger partial charge in [-0.3, -0.25) is 9.47 Å². The molecule has 8 nitrogen and oxygen atoms in total. The molecular formula is C24H31N5O3S2. The first kappa shape index (κ1) is 24.7. The molecule has 0 atom stereocenters. The van der Waals surface area contributed by atoms with Crippen LogP contribution in [0.25, 0.3) is 11.4 Å². The summed E-state index contributed by atoms with van der Waals surface area (Å²) in [7, 11) is -3.59. The van der Waals surface area contributed by atoms with Crippen molar-refractivity contribution in [3.8, 4) is 11.4 Å². The summed E-state index contributed by atoms with van der Waals surface area (Å²) in [4.78, 5) is 2.51. The van der Waals surface area contributed by atoms with Crippen molar-refractivity contribution >= 4 is 22.2 Å². The predicted molar refractivity (Wildman–Crippen MR) is 135 cm³/mol. The van der Waals surface area contributed by atoms with Crippen LogP contribution >= 0.6 is 12.2 Å². The van der Waals surface area contributed by atoms with Crippen LogP contribution in [0.4, 0.5) is 0 Å². The Morgan fingerprint density at radius 3 is 2.41 bits per heavy atom. The minimum atomic E-state index is -3.59. The highest BCUT2D eigenvalue weighted by Gasteiger charge is 2.23. The van der Waals surface area contributed by atoms with Gasteiger partial charge in [-0.25, -0.2) is 13.1 Å². The van der Waals surface area contributed by atoms with Gasteiger partial charge in [-0.05, 0) is 29.9 Å². The summed E-state index contributed by atoms with van der Waals surface area (Å²) >= 11 is 5.84. The summed E-state index contributed by atoms with van der Waals surface area (Å²) in [6.45, 7) is 8.65. The van der Waals surface area contributed by atoms with E-state index in [1.807, 2.05) is 59.5 Å². The van der Waals surface area contributed by atoms with E-state index in [-0.39, 0.29) is 4.90 Å². The fraction of sp³-hybridized carbons (Fsp3) is 0.417. The maximum absolute atomic E-state index is 13.1. The van der Waals surface area contributed by atoms with Crippen molar-refractivity contribution < 1.29 is 13.2 Å². The van der Waals surface area contributed by atoms with Crippen LogP contribution in [-0.4, -0.2) is 71.4 Å². The van der Waals surface area contributed by atoms with Crippen LogP contribution < -0.4 is 0 Å². The third-order valence-corrected chi connectivity index (χ3v) is 8.46. The molecule has 1 aliphatic heterocycles. The second kappa shape index (κ2) is 10.9. The van der Waals surface area contributed by atoms with Crippen LogP contribution in [0.2, 0.25) is 0 Å². The molecule has 4 rings (SSSR count). The predicted octanol–water partition coefficient (Wildman–Crippen LogP) is 3.45. The Morgan fingerprint density at radius 1 is 1.03 bits per heavy atom. The summed E-state index contributed by atoms with van der Waals surface area (Å²) in [6.07, 6.45) is 0. The van der Waals surface area contributed by atoms with E-state index in [1.165, 1.54) is 4.31 Å². The Kier molecular flexibility index (Phi) is 7.95. The molecule has 182 valence electrons. The van der Waals surface area contributed by atoms with Gasteiger partial charge in [0.1, 0.15) is 0 Å². The van der Waals surface area contributed by atoms with Gasteiger partial charge in [0, 0.05) is 31.7 Å². The van der Waals surface area contributed by atoms with Crippen LogP contribution in [0.15, 0.2) is 59.5 Å². The lowest BCUT2D eigenvalue weighted by atomic mass is 10.2. The average molecular weight is 502 g/mol. The molecule has 0 amide bonds. The van der Waals surface area contributed by atoms with Crippen LogP contribution in [-0.2, 0) is 28.0 Å². The number of ether oxygens (including phenoxy) is 1. The lowest BCUT2D eigenvalue weighted by Gasteiger charge is -2.26. The van der Waals surface area contributed by atoms with E-state index in [1.54, 1.807) is 18.2 Å². The maximum Gasteiger partial charge on any atom is 0.243 e. The molecule has 0 spiro atoms. The second-order valence-corrected chi connectivity index (χ2v) is 10.5. The number of morpholine rings is 1. The van der Waals surface area contributed by atoms with Crippen molar-refractivity contribution in [1.29, 1.82) is 0 Å². The second-order valence-electron chi connectivity index (χ2n) is 8.17. The van der Waals surface area contributed by atoms with E-state index < -0.39 is 10.0 Å². The summed E-state index contributed by atoms with van der Waals surface area (Å²) in [5.41, 5.74) is 1.81. The smallest absolute Gasteiger partial charge is 0.243 e. The van der Waals surface area contributed by atoms with Crippen molar-refractivity contribution in [2.75, 3.05) is 39.4 Å². The number of hydrogen-bond acceptors (Lipinski definition) is 6. The number of nitrogens with zero attached hydrogens (tertiary/aromatic N) is 5. The Labute approximate surface area is 206 Å². The van der Waals surface area contributed by atoms with Crippen molar-refractivity contribution in [2.45, 2.75) is 32.0 Å². The highest BCUT2D eigenvalue weighted by atomic mass is 32.2. The minimum Gasteiger partial charge on any atom is -0.379 e. The molecular weight excluding hydrogens is 470 g/mol. The third-order valence-electron chi connectivity index (χ3n) is 5.98. The SMILES string of the molecule is CCN(CC)S(=O)(=O)c1cccc(-c2nn(CN3CCOCC3)c(=S)n2Cc2ccccc2)c1. The Bertz CT molecular complexity index is 1260. The first-order valence-corrected chi connectivity index (χ1v) is 13.4. The van der Waals surface area contributed by atoms with Crippen LogP contribution in [0.5, 0.6) is 0 Å². The van der Waals surface area contributed by atoms with Gasteiger partial charge < -0.3 is 4.74 Å². The number of aromatic nitrogens is 3. The topological polar surface area (TPSA) is 72.6 Å². The molecule has 0 bridgehead atoms. The van der Waals surface area contributed by atoms with E-state index in [0.29, 0.717) is 50.1 Å². The number of hydrogen-bond donors (Lipinski definition) is 0. The Hall–Kier alpha value is -2.37. The Balaban J connectivity index is 1.77. The highest BCUT2D eigenvalue weighted by Crippen LogP contribution is 2.25. The lowest BCUT2D eigenvalue weighted by Crippen LogP contribution is -2.37. The number of benzene rings is 2. The summed E-state index contributed by atoms with van der Waals surface area (Å²) in [5, 5.41) is 4.86. The molecule has 0 unspecified atom stereocenters. The first-order chi connectivity index (χ1) is 16.4. The molecule has 1 fully saturated rings. The lowest BCUT2D eigenvalue weighted by molar-refractivity contribution is 0.0209. The summed E-state index contributed by atoms with van der Waals surface area (Å²) in [5.74, 6) is 0.652. The molecule has 0 saturated carbocycles. The fourth-order valence-corrected chi connectivity index (χ4v) is 5.85. The maximum atomic E-state index is 13.1. The van der Waals surface area contributed by atoms with Gasteiger partial charge in [0.2, 0.25) is 10.0 Å². The van der Waals surface area contributed by atoms with Crippen molar-refractivity contribution in [3.63, 3.8) is 0 Å². The largest absolute Gasteiger partial charge is 0.379 e. The molecule has 3 aromatic rings. The van der Waals surface area contributed by atoms with E-state index in [9.17, 15) is 8.42 Å². The molecule has 10 heteroatoms. The van der Waals surface area contributed by atoms with E-state index in [0.717, 1.165) is 24.2 Å². The number of rotatable bonds is 9. The van der Waals surface area contributed by atoms with Crippen molar-refractivity contribution in [3.05, 3.63) is 64.9 Å². The van der Waals surface area contributed by atoms with Gasteiger partial charge in [-0.2, -0.15) is 9.40 Å². The summed E-state index contributed by atoms with van der Waals surface area (Å²) in [6, 6.07) is 17.1. The first-order valence-electron chi connectivity index (χ1n) is 11.6. The summed E-state index contributed by atoms with van der Waals surface area (Å²) < 4.78 is 37.6. The number of sulfonamides is 1. The van der Waals surface area contributed by atoms with Crippen LogP contribution in [0.3, 0.4) is 0 Å². The molecule has 1 aliphatic rings. The average Bonchev–Trinajstić information content (AvgIpc) is 3.16. The molecule has 2 heterocycles.